The summed E-state index contributed by atoms with van der Waals surface area (Å²) < 4.78 is 5.75. The molecule has 3 rings (SSSR count). The van der Waals surface area contributed by atoms with E-state index in [0.29, 0.717) is 28.6 Å². The molecule has 3 aromatic carbocycles. The Morgan fingerprint density at radius 3 is 2.45 bits per heavy atom. The summed E-state index contributed by atoms with van der Waals surface area (Å²) in [7, 11) is 0. The summed E-state index contributed by atoms with van der Waals surface area (Å²) in [5.41, 5.74) is 4.43. The number of benzene rings is 3. The fourth-order valence-corrected chi connectivity index (χ4v) is 2.49. The molecule has 0 heterocycles. The zero-order chi connectivity index (χ0) is 20.5. The Bertz CT molecular complexity index is 1010. The Morgan fingerprint density at radius 2 is 1.69 bits per heavy atom. The number of hydrogen-bond donors (Lipinski definition) is 2. The number of hydrogen-bond acceptors (Lipinski definition) is 4. The maximum atomic E-state index is 11.9. The van der Waals surface area contributed by atoms with Gasteiger partial charge in [-0.15, -0.1) is 0 Å². The summed E-state index contributed by atoms with van der Waals surface area (Å²) >= 11 is 5.78. The van der Waals surface area contributed by atoms with Gasteiger partial charge in [-0.05, 0) is 47.5 Å². The zero-order valence-electron chi connectivity index (χ0n) is 15.3. The molecule has 146 valence electrons. The van der Waals surface area contributed by atoms with E-state index in [2.05, 4.69) is 15.8 Å². The third-order valence-electron chi connectivity index (χ3n) is 3.79. The van der Waals surface area contributed by atoms with E-state index < -0.39 is 11.8 Å². The fourth-order valence-electron chi connectivity index (χ4n) is 2.36. The number of amides is 2. The normalized spacial score (nSPS) is 10.5. The predicted molar refractivity (Wildman–Crippen MR) is 113 cm³/mol. The van der Waals surface area contributed by atoms with Crippen LogP contribution in [0.1, 0.15) is 11.1 Å². The van der Waals surface area contributed by atoms with Gasteiger partial charge in [-0.1, -0.05) is 54.1 Å². The van der Waals surface area contributed by atoms with Crippen molar-refractivity contribution in [3.05, 3.63) is 95.0 Å². The lowest BCUT2D eigenvalue weighted by Gasteiger charge is -2.07. The largest absolute Gasteiger partial charge is 0.489 e. The van der Waals surface area contributed by atoms with Crippen LogP contribution in [0.15, 0.2) is 84.0 Å². The maximum Gasteiger partial charge on any atom is 0.329 e. The number of nitrogens with one attached hydrogen (secondary N) is 2. The smallest absolute Gasteiger partial charge is 0.329 e. The van der Waals surface area contributed by atoms with Crippen LogP contribution in [0.4, 0.5) is 5.69 Å². The molecule has 2 N–H and O–H groups in total. The maximum absolute atomic E-state index is 11.9. The first-order valence-corrected chi connectivity index (χ1v) is 9.15. The minimum absolute atomic E-state index is 0.447. The second kappa shape index (κ2) is 10.1. The molecule has 0 aliphatic rings. The van der Waals surface area contributed by atoms with Gasteiger partial charge in [0.1, 0.15) is 12.4 Å². The highest BCUT2D eigenvalue weighted by atomic mass is 35.5. The van der Waals surface area contributed by atoms with Crippen molar-refractivity contribution >= 4 is 35.3 Å². The van der Waals surface area contributed by atoms with Gasteiger partial charge < -0.3 is 10.1 Å². The van der Waals surface area contributed by atoms with Crippen molar-refractivity contribution in [2.45, 2.75) is 6.61 Å². The lowest BCUT2D eigenvalue weighted by atomic mass is 10.2. The Labute approximate surface area is 173 Å². The molecule has 7 heteroatoms. The molecule has 29 heavy (non-hydrogen) atoms. The molecule has 0 bridgehead atoms. The summed E-state index contributed by atoms with van der Waals surface area (Å²) in [6.07, 6.45) is 1.43. The van der Waals surface area contributed by atoms with Gasteiger partial charge in [-0.25, -0.2) is 5.43 Å². The van der Waals surface area contributed by atoms with Crippen LogP contribution in [0.5, 0.6) is 5.75 Å². The number of carbonyl (C=O) groups excluding carboxylic acids is 2. The lowest BCUT2D eigenvalue weighted by Crippen LogP contribution is -2.32. The third-order valence-corrected chi connectivity index (χ3v) is 4.05. The fraction of sp³-hybridized carbons (Fsp3) is 0.0455. The third kappa shape index (κ3) is 6.48. The second-order valence-corrected chi connectivity index (χ2v) is 6.44. The topological polar surface area (TPSA) is 79.8 Å². The van der Waals surface area contributed by atoms with Crippen molar-refractivity contribution in [3.8, 4) is 5.75 Å². The molecule has 0 saturated carbocycles. The number of rotatable bonds is 6. The van der Waals surface area contributed by atoms with E-state index in [0.717, 1.165) is 5.56 Å². The van der Waals surface area contributed by atoms with Crippen LogP contribution in [0.3, 0.4) is 0 Å². The van der Waals surface area contributed by atoms with Gasteiger partial charge in [0.05, 0.1) is 6.21 Å². The van der Waals surface area contributed by atoms with E-state index in [4.69, 9.17) is 16.3 Å². The minimum Gasteiger partial charge on any atom is -0.489 e. The number of carbonyl (C=O) groups is 2. The SMILES string of the molecule is O=C(NN=Cc1cccc(OCc2ccccc2)c1)C(=O)Nc1ccc(Cl)cc1. The highest BCUT2D eigenvalue weighted by Crippen LogP contribution is 2.15. The van der Waals surface area contributed by atoms with E-state index in [-0.39, 0.29) is 0 Å². The Balaban J connectivity index is 1.51. The van der Waals surface area contributed by atoms with Crippen molar-refractivity contribution in [3.63, 3.8) is 0 Å². The summed E-state index contributed by atoms with van der Waals surface area (Å²) in [5.74, 6) is -1.04. The molecule has 0 aliphatic carbocycles. The van der Waals surface area contributed by atoms with Gasteiger partial charge in [0.25, 0.3) is 0 Å². The van der Waals surface area contributed by atoms with E-state index in [9.17, 15) is 9.59 Å². The molecular weight excluding hydrogens is 390 g/mol. The van der Waals surface area contributed by atoms with Crippen molar-refractivity contribution in [1.29, 1.82) is 0 Å². The van der Waals surface area contributed by atoms with Crippen molar-refractivity contribution in [2.24, 2.45) is 5.10 Å². The first kappa shape index (κ1) is 20.1. The molecule has 6 nitrogen and oxygen atoms in total. The molecule has 0 radical (unpaired) electrons. The molecule has 3 aromatic rings. The van der Waals surface area contributed by atoms with Gasteiger partial charge in [0, 0.05) is 10.7 Å². The predicted octanol–water partition coefficient (Wildman–Crippen LogP) is 4.01. The Hall–Kier alpha value is -3.64. The van der Waals surface area contributed by atoms with Crippen LogP contribution in [-0.2, 0) is 16.2 Å². The van der Waals surface area contributed by atoms with E-state index in [1.54, 1.807) is 36.4 Å². The standard InChI is InChI=1S/C22H18ClN3O3/c23-18-9-11-19(12-10-18)25-21(27)22(28)26-24-14-17-7-4-8-20(13-17)29-15-16-5-2-1-3-6-16/h1-14H,15H2,(H,25,27)(H,26,28). The van der Waals surface area contributed by atoms with Crippen LogP contribution < -0.4 is 15.5 Å². The molecule has 2 amide bonds. The monoisotopic (exact) mass is 407 g/mol. The number of halogens is 1. The van der Waals surface area contributed by atoms with E-state index in [1.807, 2.05) is 42.5 Å². The molecule has 0 spiro atoms. The van der Waals surface area contributed by atoms with Crippen molar-refractivity contribution in [1.82, 2.24) is 5.43 Å². The van der Waals surface area contributed by atoms with Gasteiger partial charge in [-0.3, -0.25) is 9.59 Å². The first-order valence-electron chi connectivity index (χ1n) is 8.77. The number of nitrogens with zero attached hydrogens (tertiary/aromatic N) is 1. The van der Waals surface area contributed by atoms with Crippen molar-refractivity contribution in [2.75, 3.05) is 5.32 Å². The second-order valence-electron chi connectivity index (χ2n) is 6.01. The highest BCUT2D eigenvalue weighted by molar-refractivity contribution is 6.39. The molecular formula is C22H18ClN3O3. The highest BCUT2D eigenvalue weighted by Gasteiger charge is 2.12. The van der Waals surface area contributed by atoms with Gasteiger partial charge in [0.15, 0.2) is 0 Å². The van der Waals surface area contributed by atoms with E-state index in [1.165, 1.54) is 6.21 Å². The molecule has 0 atom stereocenters. The zero-order valence-corrected chi connectivity index (χ0v) is 16.1. The quantitative estimate of drug-likeness (QED) is 0.368. The first-order chi connectivity index (χ1) is 14.1. The Kier molecular flexibility index (Phi) is 6.97. The van der Waals surface area contributed by atoms with Crippen LogP contribution in [-0.4, -0.2) is 18.0 Å². The number of hydrazone groups is 1. The molecule has 0 fully saturated rings. The Morgan fingerprint density at radius 1 is 0.931 bits per heavy atom. The van der Waals surface area contributed by atoms with E-state index >= 15 is 0 Å². The molecule has 0 aromatic heterocycles. The molecule has 0 unspecified atom stereocenters. The number of ether oxygens (including phenoxy) is 1. The average molecular weight is 408 g/mol. The number of anilines is 1. The summed E-state index contributed by atoms with van der Waals surface area (Å²) in [5, 5.41) is 6.81. The molecule has 0 saturated heterocycles. The van der Waals surface area contributed by atoms with Crippen molar-refractivity contribution < 1.29 is 14.3 Å². The van der Waals surface area contributed by atoms with Crippen LogP contribution >= 0.6 is 11.6 Å². The minimum atomic E-state index is -0.882. The summed E-state index contributed by atoms with van der Waals surface area (Å²) in [6, 6.07) is 23.5. The lowest BCUT2D eigenvalue weighted by molar-refractivity contribution is -0.136. The average Bonchev–Trinajstić information content (AvgIpc) is 2.75. The summed E-state index contributed by atoms with van der Waals surface area (Å²) in [6.45, 7) is 0.447. The van der Waals surface area contributed by atoms with Gasteiger partial charge >= 0.3 is 11.8 Å². The van der Waals surface area contributed by atoms with Crippen LogP contribution in [0.2, 0.25) is 5.02 Å². The van der Waals surface area contributed by atoms with Gasteiger partial charge in [0.2, 0.25) is 0 Å². The van der Waals surface area contributed by atoms with Gasteiger partial charge in [-0.2, -0.15) is 5.10 Å². The van der Waals surface area contributed by atoms with Crippen LogP contribution in [0, 0.1) is 0 Å². The summed E-state index contributed by atoms with van der Waals surface area (Å²) in [4.78, 5) is 23.7. The molecule has 0 aliphatic heterocycles. The van der Waals surface area contributed by atoms with Crippen LogP contribution in [0.25, 0.3) is 0 Å².